The van der Waals surface area contributed by atoms with E-state index in [0.717, 1.165) is 11.6 Å². The van der Waals surface area contributed by atoms with Gasteiger partial charge >= 0.3 is 0 Å². The average molecular weight is 279 g/mol. The van der Waals surface area contributed by atoms with Crippen LogP contribution in [0.25, 0.3) is 10.8 Å². The minimum atomic E-state index is -0.0972. The van der Waals surface area contributed by atoms with Gasteiger partial charge in [-0.3, -0.25) is 4.79 Å². The van der Waals surface area contributed by atoms with Crippen LogP contribution >= 0.6 is 11.3 Å². The largest absolute Gasteiger partial charge is 0.462 e. The fourth-order valence-corrected chi connectivity index (χ4v) is 2.45. The van der Waals surface area contributed by atoms with Crippen molar-refractivity contribution in [1.29, 1.82) is 0 Å². The molecule has 0 aliphatic carbocycles. The van der Waals surface area contributed by atoms with Crippen molar-refractivity contribution in [2.75, 3.05) is 13.1 Å². The van der Waals surface area contributed by atoms with E-state index < -0.39 is 0 Å². The van der Waals surface area contributed by atoms with Gasteiger partial charge in [-0.05, 0) is 25.6 Å². The number of nitrogens with zero attached hydrogens (tertiary/aromatic N) is 1. The van der Waals surface area contributed by atoms with Gasteiger partial charge in [0.2, 0.25) is 0 Å². The minimum Gasteiger partial charge on any atom is -0.462 e. The molecular formula is C13H17N3O2S. The van der Waals surface area contributed by atoms with E-state index in [9.17, 15) is 4.79 Å². The average Bonchev–Trinajstić information content (AvgIpc) is 3.06. The number of likely N-dealkylation sites (N-methyl/N-ethyl adjacent to an activating group) is 1. The molecule has 102 valence electrons. The van der Waals surface area contributed by atoms with E-state index >= 15 is 0 Å². The van der Waals surface area contributed by atoms with Gasteiger partial charge in [-0.2, -0.15) is 0 Å². The van der Waals surface area contributed by atoms with Crippen LogP contribution in [0.15, 0.2) is 29.0 Å². The molecule has 0 fully saturated rings. The predicted molar refractivity (Wildman–Crippen MR) is 75.3 cm³/mol. The molecule has 0 radical (unpaired) electrons. The topological polar surface area (TPSA) is 67.2 Å². The molecule has 19 heavy (non-hydrogen) atoms. The fourth-order valence-electron chi connectivity index (χ4n) is 1.65. The van der Waals surface area contributed by atoms with E-state index in [-0.39, 0.29) is 11.9 Å². The summed E-state index contributed by atoms with van der Waals surface area (Å²) >= 11 is 1.33. The summed E-state index contributed by atoms with van der Waals surface area (Å²) in [6, 6.07) is 3.88. The first-order valence-corrected chi connectivity index (χ1v) is 7.03. The molecule has 5 nitrogen and oxygen atoms in total. The van der Waals surface area contributed by atoms with Crippen molar-refractivity contribution >= 4 is 17.2 Å². The van der Waals surface area contributed by atoms with Gasteiger partial charge in [-0.1, -0.05) is 6.92 Å². The number of carbonyl (C=O) groups excluding carboxylic acids is 1. The number of aromatic nitrogens is 1. The van der Waals surface area contributed by atoms with Gasteiger partial charge in [0.25, 0.3) is 5.91 Å². The van der Waals surface area contributed by atoms with Crippen molar-refractivity contribution in [2.45, 2.75) is 19.9 Å². The molecule has 1 amide bonds. The highest BCUT2D eigenvalue weighted by Gasteiger charge is 2.13. The van der Waals surface area contributed by atoms with Crippen molar-refractivity contribution < 1.29 is 9.21 Å². The molecule has 0 unspecified atom stereocenters. The summed E-state index contributed by atoms with van der Waals surface area (Å²) in [6.07, 6.45) is 3.17. The second-order valence-corrected chi connectivity index (χ2v) is 5.21. The smallest absolute Gasteiger partial charge is 0.263 e. The Morgan fingerprint density at radius 3 is 3.11 bits per heavy atom. The molecule has 0 aliphatic rings. The van der Waals surface area contributed by atoms with E-state index in [1.807, 2.05) is 19.9 Å². The molecule has 0 aromatic carbocycles. The highest BCUT2D eigenvalue weighted by atomic mass is 32.1. The predicted octanol–water partition coefficient (Wildman–Crippen LogP) is 2.13. The van der Waals surface area contributed by atoms with Gasteiger partial charge in [0.15, 0.2) is 10.8 Å². The molecule has 2 heterocycles. The van der Waals surface area contributed by atoms with Crippen LogP contribution < -0.4 is 10.6 Å². The Balaban J connectivity index is 1.93. The van der Waals surface area contributed by atoms with Gasteiger partial charge in [0.1, 0.15) is 4.88 Å². The van der Waals surface area contributed by atoms with Crippen LogP contribution in [0.5, 0.6) is 0 Å². The molecule has 2 N–H and O–H groups in total. The number of carbonyl (C=O) groups is 1. The lowest BCUT2D eigenvalue weighted by Gasteiger charge is -2.12. The SMILES string of the molecule is CCN[C@H](C)CNC(=O)c1cnc(-c2ccco2)s1. The number of hydrogen-bond acceptors (Lipinski definition) is 5. The van der Waals surface area contributed by atoms with Crippen LogP contribution in [0.3, 0.4) is 0 Å². The number of hydrogen-bond donors (Lipinski definition) is 2. The Bertz CT molecular complexity index is 522. The van der Waals surface area contributed by atoms with Gasteiger partial charge in [-0.25, -0.2) is 4.98 Å². The maximum atomic E-state index is 11.9. The summed E-state index contributed by atoms with van der Waals surface area (Å²) in [7, 11) is 0. The van der Waals surface area contributed by atoms with Crippen molar-refractivity contribution in [3.8, 4) is 10.8 Å². The number of amides is 1. The lowest BCUT2D eigenvalue weighted by molar-refractivity contribution is 0.0954. The highest BCUT2D eigenvalue weighted by molar-refractivity contribution is 7.16. The fraction of sp³-hybridized carbons (Fsp3) is 0.385. The van der Waals surface area contributed by atoms with E-state index in [4.69, 9.17) is 4.42 Å². The molecule has 2 aromatic heterocycles. The third-order valence-electron chi connectivity index (χ3n) is 2.58. The third-order valence-corrected chi connectivity index (χ3v) is 3.59. The van der Waals surface area contributed by atoms with Crippen molar-refractivity contribution in [1.82, 2.24) is 15.6 Å². The summed E-state index contributed by atoms with van der Waals surface area (Å²) in [4.78, 5) is 16.7. The summed E-state index contributed by atoms with van der Waals surface area (Å²) in [6.45, 7) is 5.56. The molecule has 2 aromatic rings. The zero-order valence-electron chi connectivity index (χ0n) is 11.0. The minimum absolute atomic E-state index is 0.0972. The maximum Gasteiger partial charge on any atom is 0.263 e. The first-order chi connectivity index (χ1) is 9.20. The number of thiazole rings is 1. The summed E-state index contributed by atoms with van der Waals surface area (Å²) in [5.74, 6) is 0.588. The van der Waals surface area contributed by atoms with Crippen LogP contribution in [-0.2, 0) is 0 Å². The van der Waals surface area contributed by atoms with Crippen LogP contribution in [-0.4, -0.2) is 30.0 Å². The molecule has 0 saturated heterocycles. The Labute approximate surface area is 116 Å². The summed E-state index contributed by atoms with van der Waals surface area (Å²) < 4.78 is 5.25. The van der Waals surface area contributed by atoms with Crippen LogP contribution in [0.1, 0.15) is 23.5 Å². The normalized spacial score (nSPS) is 12.3. The number of nitrogens with one attached hydrogen (secondary N) is 2. The van der Waals surface area contributed by atoms with Crippen molar-refractivity contribution in [2.24, 2.45) is 0 Å². The first kappa shape index (κ1) is 13.8. The van der Waals surface area contributed by atoms with Crippen molar-refractivity contribution in [3.05, 3.63) is 29.5 Å². The zero-order valence-corrected chi connectivity index (χ0v) is 11.8. The molecule has 0 aliphatic heterocycles. The molecule has 0 spiro atoms. The van der Waals surface area contributed by atoms with E-state index in [2.05, 4.69) is 15.6 Å². The second kappa shape index (κ2) is 6.49. The van der Waals surface area contributed by atoms with E-state index in [1.54, 1.807) is 18.5 Å². The lowest BCUT2D eigenvalue weighted by atomic mass is 10.3. The number of furan rings is 1. The lowest BCUT2D eigenvalue weighted by Crippen LogP contribution is -2.38. The van der Waals surface area contributed by atoms with Crippen molar-refractivity contribution in [3.63, 3.8) is 0 Å². The van der Waals surface area contributed by atoms with Gasteiger partial charge in [0.05, 0.1) is 12.5 Å². The van der Waals surface area contributed by atoms with Gasteiger partial charge in [0, 0.05) is 12.6 Å². The molecule has 6 heteroatoms. The molecule has 2 rings (SSSR count). The number of rotatable bonds is 6. The standard InChI is InChI=1S/C13H17N3O2S/c1-3-14-9(2)7-15-12(17)11-8-16-13(19-11)10-5-4-6-18-10/h4-6,8-9,14H,3,7H2,1-2H3,(H,15,17)/t9-/m1/s1. The quantitative estimate of drug-likeness (QED) is 0.850. The Hall–Kier alpha value is -1.66. The van der Waals surface area contributed by atoms with Crippen LogP contribution in [0.2, 0.25) is 0 Å². The second-order valence-electron chi connectivity index (χ2n) is 4.18. The molecular weight excluding hydrogens is 262 g/mol. The summed E-state index contributed by atoms with van der Waals surface area (Å²) in [5.41, 5.74) is 0. The van der Waals surface area contributed by atoms with E-state index in [0.29, 0.717) is 17.2 Å². The first-order valence-electron chi connectivity index (χ1n) is 6.22. The molecule has 0 bridgehead atoms. The monoisotopic (exact) mass is 279 g/mol. The Kier molecular flexibility index (Phi) is 4.70. The zero-order chi connectivity index (χ0) is 13.7. The Morgan fingerprint density at radius 1 is 1.58 bits per heavy atom. The Morgan fingerprint density at radius 2 is 2.42 bits per heavy atom. The van der Waals surface area contributed by atoms with Gasteiger partial charge < -0.3 is 15.1 Å². The van der Waals surface area contributed by atoms with E-state index in [1.165, 1.54) is 11.3 Å². The third kappa shape index (κ3) is 3.65. The highest BCUT2D eigenvalue weighted by Crippen LogP contribution is 2.25. The van der Waals surface area contributed by atoms with Crippen LogP contribution in [0.4, 0.5) is 0 Å². The summed E-state index contributed by atoms with van der Waals surface area (Å²) in [5, 5.41) is 6.84. The van der Waals surface area contributed by atoms with Gasteiger partial charge in [-0.15, -0.1) is 11.3 Å². The molecule has 1 atom stereocenters. The molecule has 0 saturated carbocycles. The maximum absolute atomic E-state index is 11.9. The van der Waals surface area contributed by atoms with Crippen LogP contribution in [0, 0.1) is 0 Å².